The SMILES string of the molecule is CCNC(=NCCCN(CC)CC)NCCCCOCC. The Bertz CT molecular complexity index is 242. The highest BCUT2D eigenvalue weighted by molar-refractivity contribution is 5.79. The van der Waals surface area contributed by atoms with Gasteiger partial charge in [-0.2, -0.15) is 0 Å². The monoisotopic (exact) mass is 300 g/mol. The zero-order valence-corrected chi connectivity index (χ0v) is 14.6. The van der Waals surface area contributed by atoms with E-state index in [4.69, 9.17) is 4.74 Å². The maximum absolute atomic E-state index is 5.33. The number of aliphatic imine (C=N–C) groups is 1. The van der Waals surface area contributed by atoms with E-state index >= 15 is 0 Å². The molecule has 0 aromatic rings. The van der Waals surface area contributed by atoms with E-state index in [2.05, 4.69) is 41.3 Å². The smallest absolute Gasteiger partial charge is 0.191 e. The average Bonchev–Trinajstić information content (AvgIpc) is 2.50. The van der Waals surface area contributed by atoms with Crippen LogP contribution in [-0.2, 0) is 4.74 Å². The lowest BCUT2D eigenvalue weighted by molar-refractivity contribution is 0.143. The minimum atomic E-state index is 0.810. The highest BCUT2D eigenvalue weighted by Crippen LogP contribution is 1.92. The third-order valence-corrected chi connectivity index (χ3v) is 3.35. The molecule has 0 heterocycles. The van der Waals surface area contributed by atoms with Gasteiger partial charge in [-0.25, -0.2) is 0 Å². The van der Waals surface area contributed by atoms with Crippen LogP contribution < -0.4 is 10.6 Å². The van der Waals surface area contributed by atoms with Crippen molar-refractivity contribution in [2.24, 2.45) is 4.99 Å². The summed E-state index contributed by atoms with van der Waals surface area (Å²) in [5, 5.41) is 6.68. The molecule has 0 bridgehead atoms. The largest absolute Gasteiger partial charge is 0.382 e. The molecule has 2 N–H and O–H groups in total. The fraction of sp³-hybridized carbons (Fsp3) is 0.938. The van der Waals surface area contributed by atoms with Crippen LogP contribution in [0.2, 0.25) is 0 Å². The Morgan fingerprint density at radius 2 is 1.76 bits per heavy atom. The first-order valence-corrected chi connectivity index (χ1v) is 8.60. The lowest BCUT2D eigenvalue weighted by Gasteiger charge is -2.17. The molecule has 0 aliphatic rings. The van der Waals surface area contributed by atoms with E-state index in [0.29, 0.717) is 0 Å². The Morgan fingerprint density at radius 1 is 1.00 bits per heavy atom. The Balaban J connectivity index is 3.80. The quantitative estimate of drug-likeness (QED) is 0.311. The third kappa shape index (κ3) is 12.6. The van der Waals surface area contributed by atoms with Crippen LogP contribution in [0, 0.1) is 0 Å². The van der Waals surface area contributed by atoms with Crippen molar-refractivity contribution in [2.75, 3.05) is 52.5 Å². The summed E-state index contributed by atoms with van der Waals surface area (Å²) in [6.45, 7) is 16.3. The van der Waals surface area contributed by atoms with Crippen LogP contribution in [0.15, 0.2) is 4.99 Å². The molecule has 0 rings (SSSR count). The van der Waals surface area contributed by atoms with E-state index in [-0.39, 0.29) is 0 Å². The molecule has 0 unspecified atom stereocenters. The minimum Gasteiger partial charge on any atom is -0.382 e. The zero-order chi connectivity index (χ0) is 15.8. The molecule has 0 saturated heterocycles. The number of nitrogens with one attached hydrogen (secondary N) is 2. The van der Waals surface area contributed by atoms with E-state index in [1.54, 1.807) is 0 Å². The van der Waals surface area contributed by atoms with Crippen molar-refractivity contribution in [1.29, 1.82) is 0 Å². The summed E-state index contributed by atoms with van der Waals surface area (Å²) in [5.41, 5.74) is 0. The molecule has 0 radical (unpaired) electrons. The third-order valence-electron chi connectivity index (χ3n) is 3.35. The summed E-state index contributed by atoms with van der Waals surface area (Å²) in [7, 11) is 0. The predicted molar refractivity (Wildman–Crippen MR) is 92.1 cm³/mol. The number of hydrogen-bond acceptors (Lipinski definition) is 3. The number of ether oxygens (including phenoxy) is 1. The van der Waals surface area contributed by atoms with Gasteiger partial charge >= 0.3 is 0 Å². The van der Waals surface area contributed by atoms with Crippen molar-refractivity contribution in [2.45, 2.75) is 47.0 Å². The van der Waals surface area contributed by atoms with Crippen LogP contribution in [0.3, 0.4) is 0 Å². The molecule has 0 saturated carbocycles. The Hall–Kier alpha value is -0.810. The Morgan fingerprint density at radius 3 is 2.38 bits per heavy atom. The highest BCUT2D eigenvalue weighted by atomic mass is 16.5. The Kier molecular flexibility index (Phi) is 15.0. The van der Waals surface area contributed by atoms with Gasteiger partial charge in [0.05, 0.1) is 0 Å². The second-order valence-electron chi connectivity index (χ2n) is 4.97. The van der Waals surface area contributed by atoms with Gasteiger partial charge < -0.3 is 20.3 Å². The van der Waals surface area contributed by atoms with Gasteiger partial charge in [0.2, 0.25) is 0 Å². The van der Waals surface area contributed by atoms with Crippen molar-refractivity contribution >= 4 is 5.96 Å². The molecule has 5 heteroatoms. The summed E-state index contributed by atoms with van der Waals surface area (Å²) in [4.78, 5) is 7.06. The maximum Gasteiger partial charge on any atom is 0.191 e. The van der Waals surface area contributed by atoms with Gasteiger partial charge in [0.1, 0.15) is 0 Å². The fourth-order valence-electron chi connectivity index (χ4n) is 2.05. The summed E-state index contributed by atoms with van der Waals surface area (Å²) >= 11 is 0. The van der Waals surface area contributed by atoms with Crippen molar-refractivity contribution in [3.05, 3.63) is 0 Å². The van der Waals surface area contributed by atoms with E-state index < -0.39 is 0 Å². The molecule has 0 aliphatic heterocycles. The van der Waals surface area contributed by atoms with Gasteiger partial charge in [-0.05, 0) is 52.7 Å². The minimum absolute atomic E-state index is 0.810. The molecular weight excluding hydrogens is 264 g/mol. The van der Waals surface area contributed by atoms with E-state index in [1.807, 2.05) is 6.92 Å². The Labute approximate surface area is 131 Å². The molecule has 0 spiro atoms. The van der Waals surface area contributed by atoms with Gasteiger partial charge in [0, 0.05) is 32.8 Å². The van der Waals surface area contributed by atoms with Gasteiger partial charge in [-0.3, -0.25) is 4.99 Å². The van der Waals surface area contributed by atoms with Crippen LogP contribution in [0.1, 0.15) is 47.0 Å². The van der Waals surface area contributed by atoms with Crippen LogP contribution in [-0.4, -0.2) is 63.3 Å². The van der Waals surface area contributed by atoms with Crippen LogP contribution >= 0.6 is 0 Å². The molecule has 0 amide bonds. The number of rotatable bonds is 13. The molecule has 0 aliphatic carbocycles. The fourth-order valence-corrected chi connectivity index (χ4v) is 2.05. The van der Waals surface area contributed by atoms with Gasteiger partial charge in [-0.1, -0.05) is 13.8 Å². The number of nitrogens with zero attached hydrogens (tertiary/aromatic N) is 2. The normalized spacial score (nSPS) is 12.0. The topological polar surface area (TPSA) is 48.9 Å². The number of hydrogen-bond donors (Lipinski definition) is 2. The first-order chi connectivity index (χ1) is 10.3. The van der Waals surface area contributed by atoms with Crippen LogP contribution in [0.25, 0.3) is 0 Å². The first kappa shape index (κ1) is 20.2. The molecule has 126 valence electrons. The van der Waals surface area contributed by atoms with Gasteiger partial charge in [0.25, 0.3) is 0 Å². The number of unbranched alkanes of at least 4 members (excludes halogenated alkanes) is 1. The van der Waals surface area contributed by atoms with E-state index in [0.717, 1.165) is 77.7 Å². The summed E-state index contributed by atoms with van der Waals surface area (Å²) in [6, 6.07) is 0. The molecule has 0 aromatic carbocycles. The summed E-state index contributed by atoms with van der Waals surface area (Å²) < 4.78 is 5.33. The lowest BCUT2D eigenvalue weighted by Crippen LogP contribution is -2.38. The van der Waals surface area contributed by atoms with Crippen molar-refractivity contribution in [3.8, 4) is 0 Å². The lowest BCUT2D eigenvalue weighted by atomic mass is 10.3. The molecule has 0 aromatic heterocycles. The highest BCUT2D eigenvalue weighted by Gasteiger charge is 1.99. The molecule has 0 fully saturated rings. The zero-order valence-electron chi connectivity index (χ0n) is 14.6. The summed E-state index contributed by atoms with van der Waals surface area (Å²) in [6.07, 6.45) is 3.33. The predicted octanol–water partition coefficient (Wildman–Crippen LogP) is 2.09. The second kappa shape index (κ2) is 15.6. The summed E-state index contributed by atoms with van der Waals surface area (Å²) in [5.74, 6) is 0.938. The molecular formula is C16H36N4O. The first-order valence-electron chi connectivity index (χ1n) is 8.60. The van der Waals surface area contributed by atoms with E-state index in [1.165, 1.54) is 0 Å². The second-order valence-corrected chi connectivity index (χ2v) is 4.97. The van der Waals surface area contributed by atoms with E-state index in [9.17, 15) is 0 Å². The molecule has 5 nitrogen and oxygen atoms in total. The van der Waals surface area contributed by atoms with Crippen molar-refractivity contribution < 1.29 is 4.74 Å². The van der Waals surface area contributed by atoms with Crippen molar-refractivity contribution in [1.82, 2.24) is 15.5 Å². The molecule has 21 heavy (non-hydrogen) atoms. The maximum atomic E-state index is 5.33. The number of guanidine groups is 1. The van der Waals surface area contributed by atoms with Gasteiger partial charge in [0.15, 0.2) is 5.96 Å². The van der Waals surface area contributed by atoms with Crippen LogP contribution in [0.4, 0.5) is 0 Å². The van der Waals surface area contributed by atoms with Gasteiger partial charge in [-0.15, -0.1) is 0 Å². The molecule has 0 atom stereocenters. The average molecular weight is 300 g/mol. The standard InChI is InChI=1S/C16H36N4O/c1-5-17-16(18-12-9-10-15-21-8-4)19-13-11-14-20(6-2)7-3/h5-15H2,1-4H3,(H2,17,18,19). The van der Waals surface area contributed by atoms with Crippen LogP contribution in [0.5, 0.6) is 0 Å². The van der Waals surface area contributed by atoms with Crippen molar-refractivity contribution in [3.63, 3.8) is 0 Å².